The lowest BCUT2D eigenvalue weighted by molar-refractivity contribution is -0.384. The van der Waals surface area contributed by atoms with E-state index in [1.165, 1.54) is 12.1 Å². The van der Waals surface area contributed by atoms with Crippen LogP contribution in [0.4, 0.5) is 5.69 Å². The molecule has 1 N–H and O–H groups in total. The highest BCUT2D eigenvalue weighted by Gasteiger charge is 2.25. The van der Waals surface area contributed by atoms with Gasteiger partial charge in [-0.1, -0.05) is 29.3 Å². The maximum Gasteiger partial charge on any atom is 0.269 e. The smallest absolute Gasteiger partial charge is 0.269 e. The summed E-state index contributed by atoms with van der Waals surface area (Å²) in [4.78, 5) is 10.2. The molecule has 1 unspecified atom stereocenters. The average molecular weight is 337 g/mol. The van der Waals surface area contributed by atoms with E-state index < -0.39 is 11.2 Å². The SMILES string of the molecule is O=[N+]([O-])c1ccc(C2=CNC(c3c(Cl)cccc3Cl)O2)cc1. The van der Waals surface area contributed by atoms with Crippen LogP contribution in [-0.4, -0.2) is 4.92 Å². The van der Waals surface area contributed by atoms with Crippen LogP contribution in [0.3, 0.4) is 0 Å². The van der Waals surface area contributed by atoms with Gasteiger partial charge in [0.15, 0.2) is 6.23 Å². The molecule has 0 saturated carbocycles. The first kappa shape index (κ1) is 14.7. The lowest BCUT2D eigenvalue weighted by atomic mass is 10.2. The molecular weight excluding hydrogens is 327 g/mol. The molecule has 0 radical (unpaired) electrons. The van der Waals surface area contributed by atoms with Crippen molar-refractivity contribution in [3.05, 3.63) is 80.0 Å². The van der Waals surface area contributed by atoms with Crippen molar-refractivity contribution in [2.45, 2.75) is 6.23 Å². The zero-order chi connectivity index (χ0) is 15.7. The van der Waals surface area contributed by atoms with E-state index in [-0.39, 0.29) is 5.69 Å². The second-order valence-corrected chi connectivity index (χ2v) is 5.43. The van der Waals surface area contributed by atoms with E-state index in [0.29, 0.717) is 21.4 Å². The minimum Gasteiger partial charge on any atom is -0.464 e. The number of benzene rings is 2. The fourth-order valence-corrected chi connectivity index (χ4v) is 2.74. The van der Waals surface area contributed by atoms with Gasteiger partial charge in [0.25, 0.3) is 5.69 Å². The Labute approximate surface area is 136 Å². The van der Waals surface area contributed by atoms with Gasteiger partial charge in [-0.25, -0.2) is 0 Å². The molecule has 0 aromatic heterocycles. The van der Waals surface area contributed by atoms with Crippen molar-refractivity contribution in [1.82, 2.24) is 5.32 Å². The monoisotopic (exact) mass is 336 g/mol. The number of rotatable bonds is 3. The van der Waals surface area contributed by atoms with Gasteiger partial charge in [0.2, 0.25) is 0 Å². The van der Waals surface area contributed by atoms with E-state index in [0.717, 1.165) is 5.56 Å². The molecule has 0 fully saturated rings. The standard InChI is InChI=1S/C15H10Cl2N2O3/c16-11-2-1-3-12(17)14(11)15-18-8-13(22-15)9-4-6-10(7-5-9)19(20)21/h1-8,15,18H. The fraction of sp³-hybridized carbons (Fsp3) is 0.0667. The average Bonchev–Trinajstić information content (AvgIpc) is 2.97. The molecular formula is C15H10Cl2N2O3. The molecule has 2 aromatic carbocycles. The molecule has 0 saturated heterocycles. The highest BCUT2D eigenvalue weighted by atomic mass is 35.5. The number of nitro benzene ring substituents is 1. The summed E-state index contributed by atoms with van der Waals surface area (Å²) in [7, 11) is 0. The summed E-state index contributed by atoms with van der Waals surface area (Å²) in [6.07, 6.45) is 1.19. The van der Waals surface area contributed by atoms with Crippen LogP contribution in [0, 0.1) is 10.1 Å². The number of ether oxygens (including phenoxy) is 1. The Hall–Kier alpha value is -2.24. The molecule has 0 amide bonds. The van der Waals surface area contributed by atoms with E-state index in [2.05, 4.69) is 5.32 Å². The largest absolute Gasteiger partial charge is 0.464 e. The maximum atomic E-state index is 10.7. The number of hydrogen-bond acceptors (Lipinski definition) is 4. The third-order valence-electron chi connectivity index (χ3n) is 3.24. The van der Waals surface area contributed by atoms with Gasteiger partial charge in [0, 0.05) is 23.9 Å². The molecule has 0 aliphatic carbocycles. The summed E-state index contributed by atoms with van der Waals surface area (Å²) in [6, 6.07) is 11.3. The van der Waals surface area contributed by atoms with E-state index in [1.807, 2.05) is 0 Å². The lowest BCUT2D eigenvalue weighted by Gasteiger charge is -2.16. The molecule has 2 aromatic rings. The summed E-state index contributed by atoms with van der Waals surface area (Å²) in [5.41, 5.74) is 1.41. The van der Waals surface area contributed by atoms with E-state index in [1.54, 1.807) is 36.5 Å². The Morgan fingerprint density at radius 3 is 2.32 bits per heavy atom. The molecule has 112 valence electrons. The zero-order valence-corrected chi connectivity index (χ0v) is 12.6. The quantitative estimate of drug-likeness (QED) is 0.661. The molecule has 1 atom stereocenters. The lowest BCUT2D eigenvalue weighted by Crippen LogP contribution is -2.12. The van der Waals surface area contributed by atoms with Gasteiger partial charge < -0.3 is 10.1 Å². The van der Waals surface area contributed by atoms with Gasteiger partial charge in [-0.2, -0.15) is 0 Å². The summed E-state index contributed by atoms with van der Waals surface area (Å²) < 4.78 is 5.81. The van der Waals surface area contributed by atoms with Crippen molar-refractivity contribution in [2.24, 2.45) is 0 Å². The predicted molar refractivity (Wildman–Crippen MR) is 84.5 cm³/mol. The van der Waals surface area contributed by atoms with Gasteiger partial charge >= 0.3 is 0 Å². The first-order chi connectivity index (χ1) is 10.6. The number of non-ortho nitro benzene ring substituents is 1. The van der Waals surface area contributed by atoms with Gasteiger partial charge in [-0.15, -0.1) is 0 Å². The van der Waals surface area contributed by atoms with Crippen molar-refractivity contribution in [3.8, 4) is 0 Å². The number of hydrogen-bond donors (Lipinski definition) is 1. The van der Waals surface area contributed by atoms with Crippen molar-refractivity contribution in [3.63, 3.8) is 0 Å². The third kappa shape index (κ3) is 2.73. The van der Waals surface area contributed by atoms with Crippen LogP contribution < -0.4 is 5.32 Å². The van der Waals surface area contributed by atoms with Crippen molar-refractivity contribution < 1.29 is 9.66 Å². The van der Waals surface area contributed by atoms with E-state index in [4.69, 9.17) is 27.9 Å². The highest BCUT2D eigenvalue weighted by Crippen LogP contribution is 2.36. The molecule has 5 nitrogen and oxygen atoms in total. The van der Waals surface area contributed by atoms with Crippen molar-refractivity contribution >= 4 is 34.6 Å². The summed E-state index contributed by atoms with van der Waals surface area (Å²) in [5.74, 6) is 0.566. The first-order valence-electron chi connectivity index (χ1n) is 6.38. The Balaban J connectivity index is 1.81. The third-order valence-corrected chi connectivity index (χ3v) is 3.89. The normalized spacial score (nSPS) is 16.6. The van der Waals surface area contributed by atoms with Gasteiger partial charge in [-0.3, -0.25) is 10.1 Å². The molecule has 22 heavy (non-hydrogen) atoms. The van der Waals surface area contributed by atoms with Gasteiger partial charge in [-0.05, 0) is 24.3 Å². The Bertz CT molecular complexity index is 740. The molecule has 7 heteroatoms. The number of nitrogens with one attached hydrogen (secondary N) is 1. The Kier molecular flexibility index (Phi) is 3.92. The predicted octanol–water partition coefficient (Wildman–Crippen LogP) is 4.52. The Morgan fingerprint density at radius 1 is 1.09 bits per heavy atom. The second kappa shape index (κ2) is 5.87. The number of nitro groups is 1. The summed E-state index contributed by atoms with van der Waals surface area (Å²) in [6.45, 7) is 0. The minimum absolute atomic E-state index is 0.0287. The van der Waals surface area contributed by atoms with Crippen LogP contribution in [0.5, 0.6) is 0 Å². The van der Waals surface area contributed by atoms with Crippen LogP contribution in [0.2, 0.25) is 10.0 Å². The molecule has 1 aliphatic heterocycles. The van der Waals surface area contributed by atoms with Crippen molar-refractivity contribution in [1.29, 1.82) is 0 Å². The van der Waals surface area contributed by atoms with E-state index in [9.17, 15) is 10.1 Å². The summed E-state index contributed by atoms with van der Waals surface area (Å²) >= 11 is 12.3. The highest BCUT2D eigenvalue weighted by molar-refractivity contribution is 6.36. The Morgan fingerprint density at radius 2 is 1.73 bits per heavy atom. The molecule has 0 spiro atoms. The van der Waals surface area contributed by atoms with Crippen LogP contribution in [0.25, 0.3) is 5.76 Å². The molecule has 3 rings (SSSR count). The minimum atomic E-state index is -0.494. The molecule has 0 bridgehead atoms. The van der Waals surface area contributed by atoms with Gasteiger partial charge in [0.1, 0.15) is 5.76 Å². The first-order valence-corrected chi connectivity index (χ1v) is 7.13. The maximum absolute atomic E-state index is 10.7. The van der Waals surface area contributed by atoms with Crippen molar-refractivity contribution in [2.75, 3.05) is 0 Å². The molecule has 1 aliphatic rings. The fourth-order valence-electron chi connectivity index (χ4n) is 2.15. The zero-order valence-electron chi connectivity index (χ0n) is 11.1. The number of halogens is 2. The number of nitrogens with zero attached hydrogens (tertiary/aromatic N) is 1. The van der Waals surface area contributed by atoms with Crippen LogP contribution in [0.1, 0.15) is 17.4 Å². The van der Waals surface area contributed by atoms with Crippen LogP contribution in [0.15, 0.2) is 48.7 Å². The van der Waals surface area contributed by atoms with Crippen LogP contribution in [-0.2, 0) is 4.74 Å². The van der Waals surface area contributed by atoms with Crippen LogP contribution >= 0.6 is 23.2 Å². The second-order valence-electron chi connectivity index (χ2n) is 4.61. The van der Waals surface area contributed by atoms with E-state index >= 15 is 0 Å². The molecule has 1 heterocycles. The van der Waals surface area contributed by atoms with Gasteiger partial charge in [0.05, 0.1) is 20.5 Å². The topological polar surface area (TPSA) is 64.4 Å². The summed E-state index contributed by atoms with van der Waals surface area (Å²) in [5, 5.41) is 14.7.